The molecule has 3 aromatic carbocycles. The fourth-order valence-electron chi connectivity index (χ4n) is 2.64. The Kier molecular flexibility index (Phi) is 5.09. The summed E-state index contributed by atoms with van der Waals surface area (Å²) < 4.78 is 41.9. The van der Waals surface area contributed by atoms with Crippen molar-refractivity contribution in [3.63, 3.8) is 0 Å². The normalized spacial score (nSPS) is 11.3. The molecule has 0 aliphatic heterocycles. The van der Waals surface area contributed by atoms with E-state index in [9.17, 15) is 12.8 Å². The second-order valence-corrected chi connectivity index (χ2v) is 8.11. The topological polar surface area (TPSA) is 37.4 Å². The van der Waals surface area contributed by atoms with E-state index in [1.54, 1.807) is 54.6 Å². The Morgan fingerprint density at radius 2 is 1.35 bits per heavy atom. The predicted molar refractivity (Wildman–Crippen MR) is 102 cm³/mol. The molecular weight excluding hydrogens is 349 g/mol. The van der Waals surface area contributed by atoms with Gasteiger partial charge in [-0.1, -0.05) is 53.6 Å². The summed E-state index contributed by atoms with van der Waals surface area (Å²) in [7, 11) is -3.83. The number of benzene rings is 3. The second kappa shape index (κ2) is 7.30. The van der Waals surface area contributed by atoms with E-state index in [0.717, 1.165) is 11.1 Å². The van der Waals surface area contributed by atoms with Gasteiger partial charge in [-0.15, -0.1) is 0 Å². The number of hydrogen-bond donors (Lipinski definition) is 0. The summed E-state index contributed by atoms with van der Waals surface area (Å²) in [6.07, 6.45) is 0. The van der Waals surface area contributed by atoms with Crippen LogP contribution in [0.25, 0.3) is 0 Å². The Morgan fingerprint density at radius 3 is 1.92 bits per heavy atom. The number of aryl methyl sites for hydroxylation is 2. The van der Waals surface area contributed by atoms with E-state index in [-0.39, 0.29) is 11.4 Å². The van der Waals surface area contributed by atoms with Crippen LogP contribution in [-0.2, 0) is 16.6 Å². The van der Waals surface area contributed by atoms with E-state index in [2.05, 4.69) is 0 Å². The molecular formula is C21H20FNO2S. The van der Waals surface area contributed by atoms with Crippen molar-refractivity contribution in [2.45, 2.75) is 25.3 Å². The molecule has 134 valence electrons. The second-order valence-electron chi connectivity index (χ2n) is 6.25. The minimum atomic E-state index is -3.83. The molecule has 3 rings (SSSR count). The molecule has 3 aromatic rings. The van der Waals surface area contributed by atoms with Gasteiger partial charge < -0.3 is 0 Å². The summed E-state index contributed by atoms with van der Waals surface area (Å²) in [4.78, 5) is 0.181. The van der Waals surface area contributed by atoms with Gasteiger partial charge in [0.05, 0.1) is 17.1 Å². The summed E-state index contributed by atoms with van der Waals surface area (Å²) in [5, 5.41) is 0. The Bertz CT molecular complexity index is 997. The molecule has 0 heterocycles. The van der Waals surface area contributed by atoms with Crippen molar-refractivity contribution in [1.29, 1.82) is 0 Å². The van der Waals surface area contributed by atoms with Crippen molar-refractivity contribution in [2.24, 2.45) is 0 Å². The fraction of sp³-hybridized carbons (Fsp3) is 0.143. The van der Waals surface area contributed by atoms with Gasteiger partial charge in [-0.3, -0.25) is 4.31 Å². The lowest BCUT2D eigenvalue weighted by Gasteiger charge is -2.25. The highest BCUT2D eigenvalue weighted by Gasteiger charge is 2.26. The number of sulfonamides is 1. The van der Waals surface area contributed by atoms with Crippen LogP contribution in [0.3, 0.4) is 0 Å². The molecule has 3 nitrogen and oxygen atoms in total. The molecule has 0 saturated carbocycles. The summed E-state index contributed by atoms with van der Waals surface area (Å²) in [6.45, 7) is 3.75. The molecule has 26 heavy (non-hydrogen) atoms. The highest BCUT2D eigenvalue weighted by atomic mass is 32.2. The van der Waals surface area contributed by atoms with Crippen molar-refractivity contribution in [3.05, 3.63) is 95.3 Å². The number of rotatable bonds is 5. The van der Waals surface area contributed by atoms with Gasteiger partial charge in [-0.25, -0.2) is 12.8 Å². The van der Waals surface area contributed by atoms with Gasteiger partial charge in [0, 0.05) is 5.56 Å². The highest BCUT2D eigenvalue weighted by Crippen LogP contribution is 2.27. The van der Waals surface area contributed by atoms with Crippen LogP contribution >= 0.6 is 0 Å². The lowest BCUT2D eigenvalue weighted by molar-refractivity contribution is 0.585. The van der Waals surface area contributed by atoms with Crippen LogP contribution in [0.2, 0.25) is 0 Å². The first-order valence-corrected chi connectivity index (χ1v) is 9.71. The maximum absolute atomic E-state index is 14.2. The van der Waals surface area contributed by atoms with E-state index < -0.39 is 15.8 Å². The van der Waals surface area contributed by atoms with Crippen LogP contribution in [0.4, 0.5) is 10.1 Å². The Labute approximate surface area is 153 Å². The molecule has 0 radical (unpaired) electrons. The minimum Gasteiger partial charge on any atom is -0.262 e. The summed E-state index contributed by atoms with van der Waals surface area (Å²) in [6, 6.07) is 20.0. The molecule has 0 aromatic heterocycles. The van der Waals surface area contributed by atoms with E-state index in [0.29, 0.717) is 11.3 Å². The minimum absolute atomic E-state index is 0.0774. The molecule has 0 bridgehead atoms. The molecule has 0 spiro atoms. The van der Waals surface area contributed by atoms with Gasteiger partial charge in [0.15, 0.2) is 0 Å². The van der Waals surface area contributed by atoms with Crippen molar-refractivity contribution >= 4 is 15.7 Å². The molecule has 0 unspecified atom stereocenters. The number of hydrogen-bond acceptors (Lipinski definition) is 2. The molecule has 0 amide bonds. The first-order valence-electron chi connectivity index (χ1n) is 8.27. The van der Waals surface area contributed by atoms with Gasteiger partial charge in [0.2, 0.25) is 0 Å². The van der Waals surface area contributed by atoms with Crippen molar-refractivity contribution in [1.82, 2.24) is 0 Å². The zero-order valence-electron chi connectivity index (χ0n) is 14.7. The van der Waals surface area contributed by atoms with Crippen LogP contribution in [0.5, 0.6) is 0 Å². The maximum atomic E-state index is 14.2. The number of halogens is 1. The van der Waals surface area contributed by atoms with Crippen molar-refractivity contribution in [3.8, 4) is 0 Å². The summed E-state index contributed by atoms with van der Waals surface area (Å²) in [5.41, 5.74) is 2.82. The third-order valence-corrected chi connectivity index (χ3v) is 5.99. The highest BCUT2D eigenvalue weighted by molar-refractivity contribution is 7.92. The number of nitrogens with zero attached hydrogens (tertiary/aromatic N) is 1. The SMILES string of the molecule is Cc1ccc(N(Cc2ccccc2F)S(=O)(=O)c2ccc(C)cc2)cc1. The molecule has 0 saturated heterocycles. The Balaban J connectivity index is 2.09. The molecule has 0 atom stereocenters. The van der Waals surface area contributed by atoms with Gasteiger partial charge >= 0.3 is 0 Å². The summed E-state index contributed by atoms with van der Waals surface area (Å²) in [5.74, 6) is -0.427. The first kappa shape index (κ1) is 18.1. The van der Waals surface area contributed by atoms with Crippen LogP contribution in [-0.4, -0.2) is 8.42 Å². The van der Waals surface area contributed by atoms with Crippen molar-refractivity contribution in [2.75, 3.05) is 4.31 Å². The van der Waals surface area contributed by atoms with Crippen LogP contribution in [0, 0.1) is 19.7 Å². The van der Waals surface area contributed by atoms with Crippen LogP contribution < -0.4 is 4.31 Å². The smallest absolute Gasteiger partial charge is 0.262 e. The Hall–Kier alpha value is -2.66. The van der Waals surface area contributed by atoms with Crippen LogP contribution in [0.15, 0.2) is 77.7 Å². The zero-order chi connectivity index (χ0) is 18.7. The molecule has 0 N–H and O–H groups in total. The van der Waals surface area contributed by atoms with E-state index in [1.807, 2.05) is 26.0 Å². The molecule has 0 fully saturated rings. The first-order chi connectivity index (χ1) is 12.4. The van der Waals surface area contributed by atoms with E-state index in [1.165, 1.54) is 10.4 Å². The lowest BCUT2D eigenvalue weighted by atomic mass is 10.2. The zero-order valence-corrected chi connectivity index (χ0v) is 15.5. The molecule has 5 heteroatoms. The van der Waals surface area contributed by atoms with Crippen molar-refractivity contribution < 1.29 is 12.8 Å². The van der Waals surface area contributed by atoms with E-state index >= 15 is 0 Å². The predicted octanol–water partition coefficient (Wildman–Crippen LogP) is 4.84. The Morgan fingerprint density at radius 1 is 0.808 bits per heavy atom. The maximum Gasteiger partial charge on any atom is 0.264 e. The average Bonchev–Trinajstić information content (AvgIpc) is 2.62. The fourth-order valence-corrected chi connectivity index (χ4v) is 4.09. The van der Waals surface area contributed by atoms with Gasteiger partial charge in [0.25, 0.3) is 10.0 Å². The van der Waals surface area contributed by atoms with Gasteiger partial charge in [-0.2, -0.15) is 0 Å². The van der Waals surface area contributed by atoms with Crippen LogP contribution in [0.1, 0.15) is 16.7 Å². The summed E-state index contributed by atoms with van der Waals surface area (Å²) >= 11 is 0. The average molecular weight is 369 g/mol. The molecule has 0 aliphatic carbocycles. The standard InChI is InChI=1S/C21H20FNO2S/c1-16-7-11-19(12-8-16)23(15-18-5-3-4-6-21(18)22)26(24,25)20-13-9-17(2)10-14-20/h3-14H,15H2,1-2H3. The van der Waals surface area contributed by atoms with Gasteiger partial charge in [-0.05, 0) is 44.2 Å². The third-order valence-electron chi connectivity index (χ3n) is 4.20. The quantitative estimate of drug-likeness (QED) is 0.645. The van der Waals surface area contributed by atoms with E-state index in [4.69, 9.17) is 0 Å². The third kappa shape index (κ3) is 3.78. The monoisotopic (exact) mass is 369 g/mol. The number of anilines is 1. The van der Waals surface area contributed by atoms with Gasteiger partial charge in [0.1, 0.15) is 5.82 Å². The lowest BCUT2D eigenvalue weighted by Crippen LogP contribution is -2.31. The largest absolute Gasteiger partial charge is 0.264 e. The molecule has 0 aliphatic rings.